The number of benzene rings is 1. The molecule has 3 aromatic rings. The monoisotopic (exact) mass is 326 g/mol. The number of likely N-dealkylation sites (N-methyl/N-ethyl adjacent to an activating group) is 1. The van der Waals surface area contributed by atoms with Gasteiger partial charge < -0.3 is 10.2 Å². The van der Waals surface area contributed by atoms with Crippen molar-refractivity contribution in [2.45, 2.75) is 25.9 Å². The number of aromatic nitrogens is 2. The average Bonchev–Trinajstić information content (AvgIpc) is 2.89. The first kappa shape index (κ1) is 15.9. The van der Waals surface area contributed by atoms with E-state index in [-0.39, 0.29) is 12.1 Å². The molecule has 0 saturated heterocycles. The highest BCUT2D eigenvalue weighted by molar-refractivity contribution is 7.18. The maximum atomic E-state index is 4.46. The van der Waals surface area contributed by atoms with Crippen molar-refractivity contribution in [2.24, 2.45) is 0 Å². The number of nitrogens with zero attached hydrogens (tertiary/aromatic N) is 3. The second-order valence-corrected chi connectivity index (χ2v) is 7.29. The van der Waals surface area contributed by atoms with Crippen LogP contribution in [0.5, 0.6) is 0 Å². The summed E-state index contributed by atoms with van der Waals surface area (Å²) in [7, 11) is 4.22. The molecular formula is C18H22N4S. The molecule has 2 atom stereocenters. The molecule has 0 fully saturated rings. The van der Waals surface area contributed by atoms with Gasteiger partial charge in [-0.2, -0.15) is 0 Å². The van der Waals surface area contributed by atoms with E-state index < -0.39 is 0 Å². The van der Waals surface area contributed by atoms with Crippen LogP contribution < -0.4 is 5.32 Å². The fraction of sp³-hybridized carbons (Fsp3) is 0.333. The summed E-state index contributed by atoms with van der Waals surface area (Å²) in [6.45, 7) is 4.30. The molecule has 0 amide bonds. The lowest BCUT2D eigenvalue weighted by atomic mass is 9.99. The Morgan fingerprint density at radius 2 is 1.87 bits per heavy atom. The van der Waals surface area contributed by atoms with Crippen molar-refractivity contribution in [3.8, 4) is 0 Å². The summed E-state index contributed by atoms with van der Waals surface area (Å²) < 4.78 is 0. The van der Waals surface area contributed by atoms with Gasteiger partial charge in [0, 0.05) is 10.9 Å². The number of hydrogen-bond acceptors (Lipinski definition) is 5. The van der Waals surface area contributed by atoms with Crippen molar-refractivity contribution in [2.75, 3.05) is 19.4 Å². The van der Waals surface area contributed by atoms with E-state index in [0.29, 0.717) is 0 Å². The summed E-state index contributed by atoms with van der Waals surface area (Å²) in [6.07, 6.45) is 1.64. The van der Waals surface area contributed by atoms with E-state index in [1.165, 1.54) is 10.4 Å². The number of fused-ring (bicyclic) bond motifs is 1. The molecule has 0 aliphatic heterocycles. The van der Waals surface area contributed by atoms with Crippen LogP contribution in [0.15, 0.2) is 42.7 Å². The van der Waals surface area contributed by atoms with Crippen LogP contribution in [0.4, 0.5) is 5.82 Å². The molecule has 0 spiro atoms. The molecule has 1 N–H and O–H groups in total. The molecule has 0 radical (unpaired) electrons. The maximum absolute atomic E-state index is 4.46. The van der Waals surface area contributed by atoms with Gasteiger partial charge in [-0.05, 0) is 39.6 Å². The van der Waals surface area contributed by atoms with Crippen LogP contribution in [0.2, 0.25) is 0 Å². The first-order chi connectivity index (χ1) is 11.1. The van der Waals surface area contributed by atoms with E-state index in [4.69, 9.17) is 0 Å². The van der Waals surface area contributed by atoms with Crippen molar-refractivity contribution in [3.05, 3.63) is 53.2 Å². The third-order valence-corrected chi connectivity index (χ3v) is 4.95. The second-order valence-electron chi connectivity index (χ2n) is 6.05. The van der Waals surface area contributed by atoms with Gasteiger partial charge >= 0.3 is 0 Å². The minimum absolute atomic E-state index is 0.214. The second kappa shape index (κ2) is 6.64. The Hall–Kier alpha value is -1.98. The smallest absolute Gasteiger partial charge is 0.138 e. The first-order valence-electron chi connectivity index (χ1n) is 7.75. The number of aryl methyl sites for hydroxylation is 1. The van der Waals surface area contributed by atoms with Crippen LogP contribution in [0.3, 0.4) is 0 Å². The molecule has 4 nitrogen and oxygen atoms in total. The molecule has 2 aromatic heterocycles. The molecule has 0 aliphatic carbocycles. The van der Waals surface area contributed by atoms with Crippen molar-refractivity contribution >= 4 is 27.4 Å². The van der Waals surface area contributed by atoms with E-state index in [9.17, 15) is 0 Å². The van der Waals surface area contributed by atoms with E-state index in [1.807, 2.05) is 0 Å². The molecule has 0 bridgehead atoms. The van der Waals surface area contributed by atoms with Gasteiger partial charge in [-0.25, -0.2) is 9.97 Å². The van der Waals surface area contributed by atoms with Gasteiger partial charge in [0.15, 0.2) is 0 Å². The molecule has 1 aromatic carbocycles. The highest BCUT2D eigenvalue weighted by Crippen LogP contribution is 2.30. The fourth-order valence-corrected chi connectivity index (χ4v) is 3.92. The van der Waals surface area contributed by atoms with Crippen LogP contribution in [0.1, 0.15) is 23.4 Å². The summed E-state index contributed by atoms with van der Waals surface area (Å²) in [6, 6.07) is 13.2. The number of anilines is 1. The lowest BCUT2D eigenvalue weighted by Crippen LogP contribution is -2.34. The molecule has 120 valence electrons. The minimum atomic E-state index is 0.214. The van der Waals surface area contributed by atoms with Crippen molar-refractivity contribution in [3.63, 3.8) is 0 Å². The topological polar surface area (TPSA) is 41.0 Å². The van der Waals surface area contributed by atoms with Gasteiger partial charge in [-0.1, -0.05) is 30.3 Å². The zero-order valence-electron chi connectivity index (χ0n) is 13.9. The molecule has 0 unspecified atom stereocenters. The number of nitrogens with one attached hydrogen (secondary N) is 1. The summed E-state index contributed by atoms with van der Waals surface area (Å²) in [5.41, 5.74) is 1.30. The van der Waals surface area contributed by atoms with Crippen LogP contribution in [0, 0.1) is 6.92 Å². The zero-order chi connectivity index (χ0) is 16.4. The summed E-state index contributed by atoms with van der Waals surface area (Å²) in [4.78, 5) is 13.4. The fourth-order valence-electron chi connectivity index (χ4n) is 3.07. The molecule has 0 saturated carbocycles. The van der Waals surface area contributed by atoms with Gasteiger partial charge in [0.1, 0.15) is 17.0 Å². The van der Waals surface area contributed by atoms with Gasteiger partial charge in [0.2, 0.25) is 0 Å². The van der Waals surface area contributed by atoms with Crippen LogP contribution in [-0.2, 0) is 0 Å². The molecule has 5 heteroatoms. The van der Waals surface area contributed by atoms with Crippen molar-refractivity contribution < 1.29 is 0 Å². The predicted octanol–water partition coefficient (Wildman–Crippen LogP) is 4.10. The predicted molar refractivity (Wildman–Crippen MR) is 98.1 cm³/mol. The standard InChI is InChI=1S/C18H22N4S/c1-12-10-15-17(19-11-20-18(15)23-12)21-13(2)16(22(3)4)14-8-6-5-7-9-14/h5-11,13,16H,1-4H3,(H,19,20,21)/t13-,16+/m1/s1. The number of thiophene rings is 1. The molecular weight excluding hydrogens is 304 g/mol. The Kier molecular flexibility index (Phi) is 4.59. The van der Waals surface area contributed by atoms with E-state index in [0.717, 1.165) is 16.0 Å². The SMILES string of the molecule is Cc1cc2c(N[C@H](C)[C@@H](c3ccccc3)N(C)C)ncnc2s1. The van der Waals surface area contributed by atoms with Gasteiger partial charge in [-0.15, -0.1) is 11.3 Å². The third-order valence-electron chi connectivity index (χ3n) is 3.99. The molecule has 2 heterocycles. The summed E-state index contributed by atoms with van der Waals surface area (Å²) in [5, 5.41) is 4.70. The molecule has 0 aliphatic rings. The Labute approximate surface area is 141 Å². The Morgan fingerprint density at radius 1 is 1.13 bits per heavy atom. The quantitative estimate of drug-likeness (QED) is 0.766. The first-order valence-corrected chi connectivity index (χ1v) is 8.57. The van der Waals surface area contributed by atoms with E-state index in [2.05, 4.69) is 84.5 Å². The molecule has 3 rings (SSSR count). The lowest BCUT2D eigenvalue weighted by Gasteiger charge is -2.31. The number of hydrogen-bond donors (Lipinski definition) is 1. The van der Waals surface area contributed by atoms with Crippen molar-refractivity contribution in [1.29, 1.82) is 0 Å². The van der Waals surface area contributed by atoms with Crippen LogP contribution in [-0.4, -0.2) is 35.0 Å². The van der Waals surface area contributed by atoms with E-state index >= 15 is 0 Å². The highest BCUT2D eigenvalue weighted by Gasteiger charge is 2.22. The Morgan fingerprint density at radius 3 is 2.57 bits per heavy atom. The molecule has 23 heavy (non-hydrogen) atoms. The normalized spacial score (nSPS) is 14.1. The average molecular weight is 326 g/mol. The van der Waals surface area contributed by atoms with Gasteiger partial charge in [-0.3, -0.25) is 0 Å². The zero-order valence-corrected chi connectivity index (χ0v) is 14.8. The largest absolute Gasteiger partial charge is 0.365 e. The van der Waals surface area contributed by atoms with Gasteiger partial charge in [0.05, 0.1) is 11.4 Å². The summed E-state index contributed by atoms with van der Waals surface area (Å²) in [5.74, 6) is 0.912. The van der Waals surface area contributed by atoms with Gasteiger partial charge in [0.25, 0.3) is 0 Å². The van der Waals surface area contributed by atoms with E-state index in [1.54, 1.807) is 17.7 Å². The number of rotatable bonds is 5. The van der Waals surface area contributed by atoms with Crippen LogP contribution >= 0.6 is 11.3 Å². The Balaban J connectivity index is 1.90. The lowest BCUT2D eigenvalue weighted by molar-refractivity contribution is 0.275. The minimum Gasteiger partial charge on any atom is -0.365 e. The third kappa shape index (κ3) is 3.35. The van der Waals surface area contributed by atoms with Crippen molar-refractivity contribution in [1.82, 2.24) is 14.9 Å². The summed E-state index contributed by atoms with van der Waals surface area (Å²) >= 11 is 1.70. The van der Waals surface area contributed by atoms with Crippen LogP contribution in [0.25, 0.3) is 10.2 Å². The Bertz CT molecular complexity index is 782. The highest BCUT2D eigenvalue weighted by atomic mass is 32.1. The maximum Gasteiger partial charge on any atom is 0.138 e.